The van der Waals surface area contributed by atoms with Crippen molar-refractivity contribution in [2.45, 2.75) is 13.3 Å². The van der Waals surface area contributed by atoms with Gasteiger partial charge in [0.1, 0.15) is 11.6 Å². The average molecular weight is 484 g/mol. The van der Waals surface area contributed by atoms with Gasteiger partial charge in [-0.25, -0.2) is 27.1 Å². The standard InChI is InChI=1S/C22H22FN7O3S/c1-15-6-4-8-18(33-3)20(15)30-21(16-7-5-10-24-12-16)27-28-22(30)29(2)34(31,32)11-9-19-25-13-17(23)14-26-19/h4-8,10,12-14H,9,11H2,1-3H3. The predicted molar refractivity (Wildman–Crippen MR) is 124 cm³/mol. The molecule has 1 aromatic carbocycles. The topological polar surface area (TPSA) is 116 Å². The summed E-state index contributed by atoms with van der Waals surface area (Å²) in [6, 6.07) is 9.07. The molecule has 34 heavy (non-hydrogen) atoms. The molecule has 0 radical (unpaired) electrons. The van der Waals surface area contributed by atoms with Gasteiger partial charge >= 0.3 is 0 Å². The SMILES string of the molecule is COc1cccc(C)c1-n1c(-c2cccnc2)nnc1N(C)S(=O)(=O)CCc1ncc(F)cn1. The maximum atomic E-state index is 13.2. The van der Waals surface area contributed by atoms with Crippen molar-refractivity contribution in [2.24, 2.45) is 0 Å². The van der Waals surface area contributed by atoms with Crippen LogP contribution in [0.4, 0.5) is 10.3 Å². The minimum atomic E-state index is -3.87. The van der Waals surface area contributed by atoms with E-state index in [-0.39, 0.29) is 23.9 Å². The second kappa shape index (κ2) is 9.51. The number of pyridine rings is 1. The van der Waals surface area contributed by atoms with Crippen molar-refractivity contribution in [3.63, 3.8) is 0 Å². The number of aromatic nitrogens is 6. The molecule has 0 unspecified atom stereocenters. The molecule has 3 aromatic heterocycles. The largest absolute Gasteiger partial charge is 0.495 e. The Balaban J connectivity index is 1.79. The van der Waals surface area contributed by atoms with Crippen LogP contribution in [0.2, 0.25) is 0 Å². The molecule has 0 aliphatic heterocycles. The molecule has 4 rings (SSSR count). The van der Waals surface area contributed by atoms with Crippen LogP contribution in [0.15, 0.2) is 55.1 Å². The highest BCUT2D eigenvalue weighted by atomic mass is 32.2. The summed E-state index contributed by atoms with van der Waals surface area (Å²) in [7, 11) is -0.935. The molecule has 0 saturated heterocycles. The van der Waals surface area contributed by atoms with Gasteiger partial charge in [-0.15, -0.1) is 10.2 Å². The molecule has 0 fully saturated rings. The lowest BCUT2D eigenvalue weighted by atomic mass is 10.1. The third kappa shape index (κ3) is 4.57. The van der Waals surface area contributed by atoms with E-state index in [0.29, 0.717) is 22.8 Å². The number of sulfonamides is 1. The van der Waals surface area contributed by atoms with Crippen molar-refractivity contribution >= 4 is 16.0 Å². The maximum absolute atomic E-state index is 13.2. The van der Waals surface area contributed by atoms with Gasteiger partial charge in [-0.3, -0.25) is 9.55 Å². The van der Waals surface area contributed by atoms with Gasteiger partial charge in [0.2, 0.25) is 16.0 Å². The number of nitrogens with zero attached hydrogens (tertiary/aromatic N) is 7. The minimum Gasteiger partial charge on any atom is -0.495 e. The van der Waals surface area contributed by atoms with Crippen LogP contribution in [0.5, 0.6) is 5.75 Å². The molecule has 4 aromatic rings. The number of hydrogen-bond donors (Lipinski definition) is 0. The Morgan fingerprint density at radius 1 is 1.09 bits per heavy atom. The number of anilines is 1. The van der Waals surface area contributed by atoms with E-state index < -0.39 is 15.8 Å². The molecule has 0 atom stereocenters. The van der Waals surface area contributed by atoms with Crippen LogP contribution < -0.4 is 9.04 Å². The number of hydrogen-bond acceptors (Lipinski definition) is 8. The summed E-state index contributed by atoms with van der Waals surface area (Å²) >= 11 is 0. The lowest BCUT2D eigenvalue weighted by Crippen LogP contribution is -2.32. The fourth-order valence-corrected chi connectivity index (χ4v) is 4.48. The molecule has 0 spiro atoms. The van der Waals surface area contributed by atoms with Crippen molar-refractivity contribution in [2.75, 3.05) is 24.2 Å². The van der Waals surface area contributed by atoms with Gasteiger partial charge < -0.3 is 4.74 Å². The van der Waals surface area contributed by atoms with E-state index in [1.807, 2.05) is 25.1 Å². The van der Waals surface area contributed by atoms with E-state index in [1.54, 1.807) is 29.1 Å². The smallest absolute Gasteiger partial charge is 0.245 e. The second-order valence-corrected chi connectivity index (χ2v) is 9.50. The zero-order valence-electron chi connectivity index (χ0n) is 18.8. The van der Waals surface area contributed by atoms with Crippen molar-refractivity contribution in [3.8, 4) is 22.8 Å². The van der Waals surface area contributed by atoms with Gasteiger partial charge in [0.05, 0.1) is 30.9 Å². The molecule has 0 amide bonds. The Kier molecular flexibility index (Phi) is 6.50. The van der Waals surface area contributed by atoms with Crippen molar-refractivity contribution in [1.29, 1.82) is 0 Å². The fraction of sp³-hybridized carbons (Fsp3) is 0.227. The number of methoxy groups -OCH3 is 1. The van der Waals surface area contributed by atoms with Gasteiger partial charge in [-0.1, -0.05) is 12.1 Å². The Morgan fingerprint density at radius 2 is 1.85 bits per heavy atom. The minimum absolute atomic E-state index is 0.00421. The van der Waals surface area contributed by atoms with Crippen molar-refractivity contribution in [3.05, 3.63) is 72.3 Å². The lowest BCUT2D eigenvalue weighted by Gasteiger charge is -2.22. The molecular weight excluding hydrogens is 461 g/mol. The van der Waals surface area contributed by atoms with Crippen LogP contribution in [-0.2, 0) is 16.4 Å². The molecule has 0 saturated carbocycles. The molecule has 0 aliphatic rings. The van der Waals surface area contributed by atoms with Crippen LogP contribution in [0.1, 0.15) is 11.4 Å². The first-order valence-electron chi connectivity index (χ1n) is 10.2. The van der Waals surface area contributed by atoms with Crippen molar-refractivity contribution in [1.82, 2.24) is 29.7 Å². The van der Waals surface area contributed by atoms with Crippen LogP contribution >= 0.6 is 0 Å². The zero-order chi connectivity index (χ0) is 24.3. The van der Waals surface area contributed by atoms with Gasteiger partial charge in [0.25, 0.3) is 0 Å². The highest BCUT2D eigenvalue weighted by Crippen LogP contribution is 2.34. The molecule has 0 N–H and O–H groups in total. The van der Waals surface area contributed by atoms with E-state index in [0.717, 1.165) is 22.3 Å². The highest BCUT2D eigenvalue weighted by Gasteiger charge is 2.28. The number of benzene rings is 1. The predicted octanol–water partition coefficient (Wildman–Crippen LogP) is 2.58. The van der Waals surface area contributed by atoms with E-state index in [1.165, 1.54) is 14.2 Å². The molecule has 10 nitrogen and oxygen atoms in total. The van der Waals surface area contributed by atoms with E-state index in [2.05, 4.69) is 25.1 Å². The summed E-state index contributed by atoms with van der Waals surface area (Å²) in [5.41, 5.74) is 2.08. The number of ether oxygens (including phenoxy) is 1. The van der Waals surface area contributed by atoms with Crippen LogP contribution in [-0.4, -0.2) is 58.0 Å². The van der Waals surface area contributed by atoms with Gasteiger partial charge in [0, 0.05) is 31.4 Å². The Morgan fingerprint density at radius 3 is 2.53 bits per heavy atom. The first kappa shape index (κ1) is 23.2. The number of aryl methyl sites for hydroxylation is 2. The fourth-order valence-electron chi connectivity index (χ4n) is 3.40. The van der Waals surface area contributed by atoms with Gasteiger partial charge in [0.15, 0.2) is 11.6 Å². The summed E-state index contributed by atoms with van der Waals surface area (Å²) in [6.07, 6.45) is 5.26. The normalized spacial score (nSPS) is 11.4. The monoisotopic (exact) mass is 483 g/mol. The Hall–Kier alpha value is -3.93. The first-order chi connectivity index (χ1) is 16.3. The quantitative estimate of drug-likeness (QED) is 0.376. The summed E-state index contributed by atoms with van der Waals surface area (Å²) in [4.78, 5) is 11.8. The summed E-state index contributed by atoms with van der Waals surface area (Å²) in [5.74, 6) is 0.320. The molecule has 0 bridgehead atoms. The summed E-state index contributed by atoms with van der Waals surface area (Å²) in [6.45, 7) is 1.88. The second-order valence-electron chi connectivity index (χ2n) is 7.38. The van der Waals surface area contributed by atoms with Gasteiger partial charge in [-0.2, -0.15) is 0 Å². The van der Waals surface area contributed by atoms with Crippen LogP contribution in [0, 0.1) is 12.7 Å². The molecule has 0 aliphatic carbocycles. The summed E-state index contributed by atoms with van der Waals surface area (Å²) in [5, 5.41) is 8.50. The number of halogens is 1. The summed E-state index contributed by atoms with van der Waals surface area (Å²) < 4.78 is 47.8. The van der Waals surface area contributed by atoms with E-state index in [9.17, 15) is 12.8 Å². The van der Waals surface area contributed by atoms with Gasteiger partial charge in [-0.05, 0) is 30.7 Å². The number of para-hydroxylation sites is 1. The van der Waals surface area contributed by atoms with E-state index in [4.69, 9.17) is 4.74 Å². The Labute approximate surface area is 196 Å². The highest BCUT2D eigenvalue weighted by molar-refractivity contribution is 7.92. The number of rotatable bonds is 8. The molecule has 3 heterocycles. The maximum Gasteiger partial charge on any atom is 0.245 e. The molecule has 176 valence electrons. The van der Waals surface area contributed by atoms with Crippen LogP contribution in [0.25, 0.3) is 17.1 Å². The van der Waals surface area contributed by atoms with Crippen molar-refractivity contribution < 1.29 is 17.5 Å². The third-order valence-electron chi connectivity index (χ3n) is 5.17. The molecule has 12 heteroatoms. The van der Waals surface area contributed by atoms with Crippen LogP contribution in [0.3, 0.4) is 0 Å². The van der Waals surface area contributed by atoms with E-state index >= 15 is 0 Å². The Bertz CT molecular complexity index is 1390. The zero-order valence-corrected chi connectivity index (χ0v) is 19.6. The lowest BCUT2D eigenvalue weighted by molar-refractivity contribution is 0.412. The average Bonchev–Trinajstić information content (AvgIpc) is 3.28. The third-order valence-corrected chi connectivity index (χ3v) is 6.88. The first-order valence-corrected chi connectivity index (χ1v) is 11.9. The molecular formula is C22H22FN7O3S.